The molecule has 17 heavy (non-hydrogen) atoms. The van der Waals surface area contributed by atoms with Crippen molar-refractivity contribution in [2.45, 2.75) is 6.92 Å². The zero-order chi connectivity index (χ0) is 11.8. The fraction of sp³-hybridized carbons (Fsp3) is 0.0769. The molecule has 0 unspecified atom stereocenters. The van der Waals surface area contributed by atoms with E-state index in [1.165, 1.54) is 0 Å². The van der Waals surface area contributed by atoms with Gasteiger partial charge in [-0.15, -0.1) is 0 Å². The molecule has 0 amide bonds. The highest BCUT2D eigenvalue weighted by Crippen LogP contribution is 2.24. The molecule has 0 radical (unpaired) electrons. The molecule has 3 aromatic rings. The number of halogens is 1. The van der Waals surface area contributed by atoms with Crippen molar-refractivity contribution in [3.05, 3.63) is 47.3 Å². The van der Waals surface area contributed by atoms with E-state index in [0.717, 1.165) is 27.9 Å². The number of benzene rings is 1. The average molecular weight is 245 g/mol. The number of aryl methyl sites for hydroxylation is 1. The topological polar surface area (TPSA) is 38.9 Å². The Kier molecular flexibility index (Phi) is 2.34. The minimum absolute atomic E-state index is 0.294. The molecular formula is C13H9ClN2O. The zero-order valence-corrected chi connectivity index (χ0v) is 9.90. The van der Waals surface area contributed by atoms with Gasteiger partial charge in [-0.1, -0.05) is 17.3 Å². The number of rotatable bonds is 1. The van der Waals surface area contributed by atoms with Gasteiger partial charge in [-0.05, 0) is 36.7 Å². The lowest BCUT2D eigenvalue weighted by molar-refractivity contribution is 0.424. The fourth-order valence-electron chi connectivity index (χ4n) is 1.78. The second-order valence-electron chi connectivity index (χ2n) is 3.88. The summed E-state index contributed by atoms with van der Waals surface area (Å²) < 4.78 is 4.85. The minimum Gasteiger partial charge on any atom is -0.344 e. The second-order valence-corrected chi connectivity index (χ2v) is 4.25. The molecule has 0 fully saturated rings. The van der Waals surface area contributed by atoms with E-state index >= 15 is 0 Å². The number of fused-ring (bicyclic) bond motifs is 1. The van der Waals surface area contributed by atoms with Crippen LogP contribution in [0.15, 0.2) is 40.9 Å². The summed E-state index contributed by atoms with van der Waals surface area (Å²) in [4.78, 5) is 4.45. The van der Waals surface area contributed by atoms with Gasteiger partial charge < -0.3 is 4.52 Å². The first kappa shape index (κ1) is 10.3. The number of hydrogen-bond acceptors (Lipinski definition) is 3. The molecule has 0 atom stereocenters. The van der Waals surface area contributed by atoms with Crippen molar-refractivity contribution < 1.29 is 4.52 Å². The van der Waals surface area contributed by atoms with Gasteiger partial charge in [-0.25, -0.2) is 0 Å². The van der Waals surface area contributed by atoms with Crippen LogP contribution in [0, 0.1) is 6.92 Å². The summed E-state index contributed by atoms with van der Waals surface area (Å²) in [7, 11) is 0. The lowest BCUT2D eigenvalue weighted by atomic mass is 10.1. The molecule has 0 aliphatic heterocycles. The van der Waals surface area contributed by atoms with Crippen LogP contribution in [0.5, 0.6) is 0 Å². The molecule has 84 valence electrons. The molecule has 0 N–H and O–H groups in total. The smallest absolute Gasteiger partial charge is 0.226 e. The molecule has 3 rings (SSSR count). The summed E-state index contributed by atoms with van der Waals surface area (Å²) >= 11 is 5.71. The van der Waals surface area contributed by atoms with E-state index in [4.69, 9.17) is 16.1 Å². The van der Waals surface area contributed by atoms with Gasteiger partial charge in [0.15, 0.2) is 0 Å². The highest BCUT2D eigenvalue weighted by Gasteiger charge is 2.05. The molecule has 0 bridgehead atoms. The summed E-state index contributed by atoms with van der Waals surface area (Å²) in [5, 5.41) is 5.25. The van der Waals surface area contributed by atoms with Crippen molar-refractivity contribution in [2.24, 2.45) is 0 Å². The molecule has 3 nitrogen and oxygen atoms in total. The van der Waals surface area contributed by atoms with Crippen LogP contribution < -0.4 is 0 Å². The van der Waals surface area contributed by atoms with Crippen LogP contribution in [0.2, 0.25) is 5.22 Å². The maximum atomic E-state index is 5.71. The first-order valence-electron chi connectivity index (χ1n) is 5.22. The second kappa shape index (κ2) is 3.86. The standard InChI is InChI=1S/C13H9ClN2O/c1-8-2-3-9-6-10(4-5-11(9)15-8)12-7-13(14)17-16-12/h2-7H,1H3. The van der Waals surface area contributed by atoms with E-state index in [-0.39, 0.29) is 0 Å². The first-order chi connectivity index (χ1) is 8.22. The van der Waals surface area contributed by atoms with Crippen LogP contribution in [0.25, 0.3) is 22.2 Å². The summed E-state index contributed by atoms with van der Waals surface area (Å²) in [6.07, 6.45) is 0. The summed E-state index contributed by atoms with van der Waals surface area (Å²) in [5.41, 5.74) is 3.69. The predicted molar refractivity (Wildman–Crippen MR) is 67.0 cm³/mol. The van der Waals surface area contributed by atoms with Crippen LogP contribution in [-0.4, -0.2) is 10.1 Å². The Labute approximate surface area is 103 Å². The van der Waals surface area contributed by atoms with E-state index in [2.05, 4.69) is 10.1 Å². The minimum atomic E-state index is 0.294. The molecule has 2 heterocycles. The Morgan fingerprint density at radius 1 is 1.12 bits per heavy atom. The number of nitrogens with zero attached hydrogens (tertiary/aromatic N) is 2. The lowest BCUT2D eigenvalue weighted by Gasteiger charge is -2.01. The maximum absolute atomic E-state index is 5.71. The van der Waals surface area contributed by atoms with E-state index in [1.54, 1.807) is 6.07 Å². The van der Waals surface area contributed by atoms with Crippen molar-refractivity contribution in [2.75, 3.05) is 0 Å². The van der Waals surface area contributed by atoms with Gasteiger partial charge in [0.25, 0.3) is 0 Å². The monoisotopic (exact) mass is 244 g/mol. The Hall–Kier alpha value is -1.87. The van der Waals surface area contributed by atoms with Gasteiger partial charge >= 0.3 is 0 Å². The number of hydrogen-bond donors (Lipinski definition) is 0. The van der Waals surface area contributed by atoms with Gasteiger partial charge in [0, 0.05) is 22.7 Å². The molecule has 1 aromatic carbocycles. The average Bonchev–Trinajstić information content (AvgIpc) is 2.75. The molecule has 0 spiro atoms. The lowest BCUT2D eigenvalue weighted by Crippen LogP contribution is -1.84. The molecule has 0 aliphatic rings. The van der Waals surface area contributed by atoms with Gasteiger partial charge in [0.2, 0.25) is 5.22 Å². The molecule has 0 aliphatic carbocycles. The number of aromatic nitrogens is 2. The maximum Gasteiger partial charge on any atom is 0.226 e. The van der Waals surface area contributed by atoms with Crippen molar-refractivity contribution in [3.8, 4) is 11.3 Å². The van der Waals surface area contributed by atoms with Gasteiger partial charge in [0.1, 0.15) is 5.69 Å². The quantitative estimate of drug-likeness (QED) is 0.653. The normalized spacial score (nSPS) is 10.9. The Morgan fingerprint density at radius 2 is 2.00 bits per heavy atom. The zero-order valence-electron chi connectivity index (χ0n) is 9.14. The third kappa shape index (κ3) is 1.89. The van der Waals surface area contributed by atoms with E-state index in [0.29, 0.717) is 5.22 Å². The van der Waals surface area contributed by atoms with E-state index < -0.39 is 0 Å². The highest BCUT2D eigenvalue weighted by molar-refractivity contribution is 6.29. The van der Waals surface area contributed by atoms with Gasteiger partial charge in [-0.2, -0.15) is 0 Å². The van der Waals surface area contributed by atoms with Crippen molar-refractivity contribution in [1.82, 2.24) is 10.1 Å². The third-order valence-electron chi connectivity index (χ3n) is 2.61. The number of pyridine rings is 1. The summed E-state index contributed by atoms with van der Waals surface area (Å²) in [5.74, 6) is 0. The van der Waals surface area contributed by atoms with E-state index in [1.807, 2.05) is 37.3 Å². The van der Waals surface area contributed by atoms with Crippen molar-refractivity contribution in [3.63, 3.8) is 0 Å². The van der Waals surface area contributed by atoms with Crippen LogP contribution >= 0.6 is 11.6 Å². The first-order valence-corrected chi connectivity index (χ1v) is 5.60. The Bertz CT molecular complexity index is 691. The summed E-state index contributed by atoms with van der Waals surface area (Å²) in [6, 6.07) is 11.7. The molecule has 2 aromatic heterocycles. The molecule has 0 saturated carbocycles. The fourth-order valence-corrected chi connectivity index (χ4v) is 1.91. The Balaban J connectivity index is 2.16. The van der Waals surface area contributed by atoms with Crippen LogP contribution in [-0.2, 0) is 0 Å². The summed E-state index contributed by atoms with van der Waals surface area (Å²) in [6.45, 7) is 1.98. The highest BCUT2D eigenvalue weighted by atomic mass is 35.5. The van der Waals surface area contributed by atoms with E-state index in [9.17, 15) is 0 Å². The largest absolute Gasteiger partial charge is 0.344 e. The SMILES string of the molecule is Cc1ccc2cc(-c3cc(Cl)on3)ccc2n1. The van der Waals surface area contributed by atoms with Crippen LogP contribution in [0.3, 0.4) is 0 Å². The molecule has 0 saturated heterocycles. The van der Waals surface area contributed by atoms with Crippen molar-refractivity contribution >= 4 is 22.5 Å². The van der Waals surface area contributed by atoms with Crippen LogP contribution in [0.4, 0.5) is 0 Å². The molecular weight excluding hydrogens is 236 g/mol. The van der Waals surface area contributed by atoms with Gasteiger partial charge in [0.05, 0.1) is 5.52 Å². The van der Waals surface area contributed by atoms with Crippen LogP contribution in [0.1, 0.15) is 5.69 Å². The third-order valence-corrected chi connectivity index (χ3v) is 2.78. The molecule has 4 heteroatoms. The predicted octanol–water partition coefficient (Wildman–Crippen LogP) is 3.85. The Morgan fingerprint density at radius 3 is 2.76 bits per heavy atom. The van der Waals surface area contributed by atoms with Crippen molar-refractivity contribution in [1.29, 1.82) is 0 Å². The van der Waals surface area contributed by atoms with Gasteiger partial charge in [-0.3, -0.25) is 4.98 Å².